The minimum atomic E-state index is -0.795. The van der Waals surface area contributed by atoms with Crippen LogP contribution in [0.1, 0.15) is 47.2 Å². The summed E-state index contributed by atoms with van der Waals surface area (Å²) in [5.74, 6) is -1.17. The van der Waals surface area contributed by atoms with E-state index in [-0.39, 0.29) is 36.4 Å². The van der Waals surface area contributed by atoms with Crippen LogP contribution in [0.2, 0.25) is 0 Å². The van der Waals surface area contributed by atoms with Crippen molar-refractivity contribution in [2.45, 2.75) is 44.8 Å². The average molecular weight is 492 g/mol. The van der Waals surface area contributed by atoms with Crippen LogP contribution in [0.4, 0.5) is 10.2 Å². The van der Waals surface area contributed by atoms with Crippen molar-refractivity contribution in [1.82, 2.24) is 30.3 Å². The molecule has 6 rings (SSSR count). The van der Waals surface area contributed by atoms with Gasteiger partial charge in [0, 0.05) is 36.7 Å². The Balaban J connectivity index is 1.39. The zero-order chi connectivity index (χ0) is 25.0. The summed E-state index contributed by atoms with van der Waals surface area (Å²) in [5.41, 5.74) is 3.56. The molecule has 3 aromatic rings. The molecular weight excluding hydrogens is 465 g/mol. The molecule has 0 spiro atoms. The predicted molar refractivity (Wildman–Crippen MR) is 129 cm³/mol. The molecular formula is C25H26FN7O3. The maximum absolute atomic E-state index is 16.0. The molecule has 0 bridgehead atoms. The lowest BCUT2D eigenvalue weighted by atomic mass is 10.0. The number of benzene rings is 1. The smallest absolute Gasteiger partial charge is 0.255 e. The lowest BCUT2D eigenvalue weighted by Gasteiger charge is -2.29. The van der Waals surface area contributed by atoms with E-state index in [1.165, 1.54) is 4.90 Å². The van der Waals surface area contributed by atoms with Crippen LogP contribution in [0.5, 0.6) is 0 Å². The minimum Gasteiger partial charge on any atom is -0.372 e. The number of amides is 3. The fourth-order valence-electron chi connectivity index (χ4n) is 5.47. The zero-order valence-corrected chi connectivity index (χ0v) is 19.9. The number of nitrogens with zero attached hydrogens (tertiary/aromatic N) is 4. The van der Waals surface area contributed by atoms with Crippen molar-refractivity contribution in [3.8, 4) is 11.3 Å². The molecule has 1 unspecified atom stereocenters. The van der Waals surface area contributed by atoms with E-state index in [0.29, 0.717) is 29.1 Å². The number of anilines is 1. The number of likely N-dealkylation sites (tertiary alicyclic amines) is 1. The van der Waals surface area contributed by atoms with Crippen molar-refractivity contribution in [3.63, 3.8) is 0 Å². The molecule has 1 aromatic carbocycles. The van der Waals surface area contributed by atoms with Crippen LogP contribution in [-0.2, 0) is 22.7 Å². The van der Waals surface area contributed by atoms with E-state index >= 15 is 4.39 Å². The first kappa shape index (κ1) is 22.6. The molecule has 3 aliphatic rings. The number of carbonyl (C=O) groups excluding carboxylic acids is 3. The van der Waals surface area contributed by atoms with E-state index in [0.717, 1.165) is 37.0 Å². The first-order chi connectivity index (χ1) is 17.4. The Morgan fingerprint density at radius 1 is 1.14 bits per heavy atom. The number of pyridine rings is 1. The molecule has 3 aliphatic heterocycles. The molecule has 0 saturated carbocycles. The number of hydrogen-bond acceptors (Lipinski definition) is 7. The summed E-state index contributed by atoms with van der Waals surface area (Å²) in [6.07, 6.45) is 2.68. The summed E-state index contributed by atoms with van der Waals surface area (Å²) in [5, 5.41) is 12.7. The second kappa shape index (κ2) is 8.66. The van der Waals surface area contributed by atoms with Crippen molar-refractivity contribution in [1.29, 1.82) is 0 Å². The van der Waals surface area contributed by atoms with E-state index in [4.69, 9.17) is 4.98 Å². The van der Waals surface area contributed by atoms with Crippen LogP contribution in [0.25, 0.3) is 22.3 Å². The highest BCUT2D eigenvalue weighted by molar-refractivity contribution is 6.05. The van der Waals surface area contributed by atoms with Gasteiger partial charge in [0.15, 0.2) is 0 Å². The summed E-state index contributed by atoms with van der Waals surface area (Å²) in [6.45, 7) is 2.67. The summed E-state index contributed by atoms with van der Waals surface area (Å²) in [6, 6.07) is 4.26. The van der Waals surface area contributed by atoms with Crippen LogP contribution in [0, 0.1) is 5.82 Å². The molecule has 0 radical (unpaired) electrons. The van der Waals surface area contributed by atoms with Gasteiger partial charge in [-0.05, 0) is 56.1 Å². The maximum Gasteiger partial charge on any atom is 0.255 e. The van der Waals surface area contributed by atoms with E-state index < -0.39 is 23.7 Å². The Morgan fingerprint density at radius 2 is 1.92 bits per heavy atom. The molecule has 5 heterocycles. The van der Waals surface area contributed by atoms with Crippen LogP contribution in [-0.4, -0.2) is 68.9 Å². The van der Waals surface area contributed by atoms with Crippen molar-refractivity contribution in [3.05, 3.63) is 40.7 Å². The molecule has 2 saturated heterocycles. The number of H-pyrrole nitrogens is 1. The van der Waals surface area contributed by atoms with Gasteiger partial charge in [0.1, 0.15) is 28.7 Å². The number of hydrogen-bond donors (Lipinski definition) is 3. The van der Waals surface area contributed by atoms with Crippen molar-refractivity contribution < 1.29 is 18.8 Å². The van der Waals surface area contributed by atoms with E-state index in [1.807, 2.05) is 6.07 Å². The van der Waals surface area contributed by atoms with Crippen molar-refractivity contribution >= 4 is 34.6 Å². The zero-order valence-electron chi connectivity index (χ0n) is 19.9. The first-order valence-electron chi connectivity index (χ1n) is 12.2. The van der Waals surface area contributed by atoms with Gasteiger partial charge in [0.05, 0.1) is 12.2 Å². The summed E-state index contributed by atoms with van der Waals surface area (Å²) < 4.78 is 16.0. The molecule has 2 aromatic heterocycles. The highest BCUT2D eigenvalue weighted by atomic mass is 19.1. The fraction of sp³-hybridized carbons (Fsp3) is 0.400. The highest BCUT2D eigenvalue weighted by Gasteiger charge is 2.40. The second-order valence-corrected chi connectivity index (χ2v) is 9.55. The Kier molecular flexibility index (Phi) is 5.44. The highest BCUT2D eigenvalue weighted by Crippen LogP contribution is 2.36. The second-order valence-electron chi connectivity index (χ2n) is 9.55. The Bertz CT molecular complexity index is 1410. The van der Waals surface area contributed by atoms with Crippen molar-refractivity contribution in [2.75, 3.05) is 25.5 Å². The van der Waals surface area contributed by atoms with Crippen LogP contribution < -0.4 is 10.6 Å². The fourth-order valence-corrected chi connectivity index (χ4v) is 5.47. The largest absolute Gasteiger partial charge is 0.372 e. The average Bonchev–Trinajstić information content (AvgIpc) is 3.59. The number of rotatable bonds is 5. The number of nitrogens with one attached hydrogen (secondary N) is 3. The van der Waals surface area contributed by atoms with E-state index in [1.54, 1.807) is 19.2 Å². The lowest BCUT2D eigenvalue weighted by Crippen LogP contribution is -2.52. The number of fused-ring (bicyclic) bond motifs is 2. The number of piperidine rings is 1. The molecule has 0 aliphatic carbocycles. The standard InChI is InChI=1S/C25H26FN7O3/c1-27-23-22-21(30-31-23)13(11-32-8-2-3-9-32)10-17(28-22)15-5-4-14-16(20(15)26)12-33(25(14)36)18-6-7-19(34)29-24(18)35/h4-5,10,18H,2-3,6-9,11-12H2,1H3,(H2,27,30,31)(H,29,34,35). The normalized spacial score (nSPS) is 20.3. The summed E-state index contributed by atoms with van der Waals surface area (Å²) in [4.78, 5) is 45.4. The molecule has 1 atom stereocenters. The van der Waals surface area contributed by atoms with E-state index in [9.17, 15) is 14.4 Å². The molecule has 11 heteroatoms. The van der Waals surface area contributed by atoms with Gasteiger partial charge in [-0.25, -0.2) is 9.37 Å². The Hall–Kier alpha value is -3.86. The minimum absolute atomic E-state index is 0.0313. The maximum atomic E-state index is 16.0. The quantitative estimate of drug-likeness (QED) is 0.468. The first-order valence-corrected chi connectivity index (χ1v) is 12.2. The SMILES string of the molecule is CNc1[nH]nc2c(CN3CCCC3)cc(-c3ccc4c(c3F)CN(C3CCC(=O)NC3=O)C4=O)nc12. The summed E-state index contributed by atoms with van der Waals surface area (Å²) in [7, 11) is 1.77. The third-order valence-electron chi connectivity index (χ3n) is 7.36. The Labute approximate surface area is 206 Å². The molecule has 36 heavy (non-hydrogen) atoms. The third kappa shape index (κ3) is 3.62. The molecule has 3 amide bonds. The topological polar surface area (TPSA) is 123 Å². The van der Waals surface area contributed by atoms with Gasteiger partial charge in [-0.1, -0.05) is 0 Å². The van der Waals surface area contributed by atoms with Gasteiger partial charge >= 0.3 is 0 Å². The lowest BCUT2D eigenvalue weighted by molar-refractivity contribution is -0.136. The van der Waals surface area contributed by atoms with Gasteiger partial charge in [-0.2, -0.15) is 5.10 Å². The van der Waals surface area contributed by atoms with Gasteiger partial charge < -0.3 is 10.2 Å². The molecule has 2 fully saturated rings. The van der Waals surface area contributed by atoms with Crippen molar-refractivity contribution in [2.24, 2.45) is 0 Å². The van der Waals surface area contributed by atoms with Crippen LogP contribution in [0.15, 0.2) is 18.2 Å². The summed E-state index contributed by atoms with van der Waals surface area (Å²) >= 11 is 0. The van der Waals surface area contributed by atoms with E-state index in [2.05, 4.69) is 25.7 Å². The molecule has 186 valence electrons. The van der Waals surface area contributed by atoms with Gasteiger partial charge in [-0.3, -0.25) is 29.7 Å². The van der Waals surface area contributed by atoms with Crippen LogP contribution in [0.3, 0.4) is 0 Å². The monoisotopic (exact) mass is 491 g/mol. The number of halogens is 1. The van der Waals surface area contributed by atoms with Gasteiger partial charge in [-0.15, -0.1) is 0 Å². The number of aromatic amines is 1. The predicted octanol–water partition coefficient (Wildman–Crippen LogP) is 2.16. The number of carbonyl (C=O) groups is 3. The molecule has 10 nitrogen and oxygen atoms in total. The Morgan fingerprint density at radius 3 is 2.67 bits per heavy atom. The third-order valence-corrected chi connectivity index (χ3v) is 7.36. The number of aromatic nitrogens is 3. The van der Waals surface area contributed by atoms with Gasteiger partial charge in [0.25, 0.3) is 5.91 Å². The van der Waals surface area contributed by atoms with Crippen LogP contribution >= 0.6 is 0 Å². The number of imide groups is 1. The molecule has 3 N–H and O–H groups in total. The van der Waals surface area contributed by atoms with Gasteiger partial charge in [0.2, 0.25) is 11.8 Å².